The number of hydrogen-bond acceptors (Lipinski definition) is 7. The zero-order chi connectivity index (χ0) is 27.8. The van der Waals surface area contributed by atoms with Crippen LogP contribution in [0.2, 0.25) is 10.0 Å². The van der Waals surface area contributed by atoms with Gasteiger partial charge in [0, 0.05) is 36.0 Å². The summed E-state index contributed by atoms with van der Waals surface area (Å²) in [6.07, 6.45) is 0.0122. The number of amides is 4. The smallest absolute Gasteiger partial charge is 0.332 e. The van der Waals surface area contributed by atoms with Crippen LogP contribution in [0.5, 0.6) is 0 Å². The van der Waals surface area contributed by atoms with Gasteiger partial charge in [-0.05, 0) is 42.3 Å². The lowest BCUT2D eigenvalue weighted by Crippen LogP contribution is -2.54. The van der Waals surface area contributed by atoms with E-state index in [1.807, 2.05) is 0 Å². The van der Waals surface area contributed by atoms with Gasteiger partial charge in [0.2, 0.25) is 5.91 Å². The number of urea groups is 1. The monoisotopic (exact) mass is 557 g/mol. The summed E-state index contributed by atoms with van der Waals surface area (Å²) >= 11 is 12.3. The van der Waals surface area contributed by atoms with E-state index < -0.39 is 35.4 Å². The minimum absolute atomic E-state index is 0.0497. The van der Waals surface area contributed by atoms with Crippen molar-refractivity contribution >= 4 is 52.7 Å². The number of carbonyl (C=O) groups is 4. The van der Waals surface area contributed by atoms with E-state index in [9.17, 15) is 24.4 Å². The van der Waals surface area contributed by atoms with Gasteiger partial charge in [-0.15, -0.1) is 0 Å². The van der Waals surface area contributed by atoms with Crippen molar-refractivity contribution in [1.29, 1.82) is 5.26 Å². The molecule has 12 heteroatoms. The zero-order valence-corrected chi connectivity index (χ0v) is 22.2. The summed E-state index contributed by atoms with van der Waals surface area (Å²) in [6.45, 7) is 0.0571. The Balaban J connectivity index is 1.72. The van der Waals surface area contributed by atoms with Gasteiger partial charge in [0.15, 0.2) is 0 Å². The fourth-order valence-corrected chi connectivity index (χ4v) is 5.62. The van der Waals surface area contributed by atoms with Gasteiger partial charge in [-0.2, -0.15) is 5.26 Å². The molecule has 0 aliphatic carbocycles. The van der Waals surface area contributed by atoms with E-state index in [-0.39, 0.29) is 47.6 Å². The minimum atomic E-state index is -1.43. The molecule has 2 aliphatic heterocycles. The van der Waals surface area contributed by atoms with Crippen molar-refractivity contribution in [3.63, 3.8) is 0 Å². The number of hydrogen-bond donors (Lipinski definition) is 1. The van der Waals surface area contributed by atoms with Gasteiger partial charge in [0.25, 0.3) is 5.91 Å². The van der Waals surface area contributed by atoms with Crippen molar-refractivity contribution in [3.8, 4) is 6.07 Å². The van der Waals surface area contributed by atoms with Crippen LogP contribution in [0.25, 0.3) is 0 Å². The van der Waals surface area contributed by atoms with Crippen LogP contribution < -0.4 is 10.6 Å². The first-order valence-corrected chi connectivity index (χ1v) is 12.5. The molecular formula is C26H25Cl2N5O5. The average molecular weight is 558 g/mol. The molecule has 4 amide bonds. The molecule has 0 unspecified atom stereocenters. The predicted octanol–water partition coefficient (Wildman–Crippen LogP) is 2.91. The second-order valence-electron chi connectivity index (χ2n) is 9.26. The topological polar surface area (TPSA) is 137 Å². The maximum atomic E-state index is 14.1. The van der Waals surface area contributed by atoms with Gasteiger partial charge in [-0.1, -0.05) is 35.3 Å². The lowest BCUT2D eigenvalue weighted by molar-refractivity contribution is -0.142. The number of esters is 1. The summed E-state index contributed by atoms with van der Waals surface area (Å²) in [7, 11) is 2.73. The first-order chi connectivity index (χ1) is 18.0. The number of benzene rings is 2. The highest BCUT2D eigenvalue weighted by molar-refractivity contribution is 6.35. The summed E-state index contributed by atoms with van der Waals surface area (Å²) in [4.78, 5) is 56.4. The van der Waals surface area contributed by atoms with Gasteiger partial charge in [0.1, 0.15) is 11.6 Å². The third-order valence-corrected chi connectivity index (χ3v) is 7.57. The van der Waals surface area contributed by atoms with Gasteiger partial charge < -0.3 is 20.3 Å². The van der Waals surface area contributed by atoms with E-state index in [1.165, 1.54) is 42.2 Å². The summed E-state index contributed by atoms with van der Waals surface area (Å²) in [6, 6.07) is 11.6. The molecule has 2 aromatic rings. The highest BCUT2D eigenvalue weighted by Crippen LogP contribution is 2.46. The summed E-state index contributed by atoms with van der Waals surface area (Å²) in [5.41, 5.74) is 5.70. The largest absolute Gasteiger partial charge is 0.468 e. The first-order valence-electron chi connectivity index (χ1n) is 11.7. The van der Waals surface area contributed by atoms with Crippen LogP contribution in [0, 0.1) is 11.3 Å². The molecule has 10 nitrogen and oxygen atoms in total. The third-order valence-electron chi connectivity index (χ3n) is 7.14. The number of ether oxygens (including phenoxy) is 1. The molecule has 1 spiro atoms. The first kappa shape index (κ1) is 27.4. The van der Waals surface area contributed by atoms with Crippen molar-refractivity contribution in [3.05, 3.63) is 63.6 Å². The number of nitrogens with two attached hydrogens (primary N) is 1. The maximum Gasteiger partial charge on any atom is 0.332 e. The third kappa shape index (κ3) is 4.69. The lowest BCUT2D eigenvalue weighted by atomic mass is 9.80. The van der Waals surface area contributed by atoms with E-state index in [0.717, 1.165) is 4.90 Å². The Bertz CT molecular complexity index is 1320. The molecule has 2 aliphatic rings. The number of halogens is 2. The molecule has 2 N–H and O–H groups in total. The lowest BCUT2D eigenvalue weighted by Gasteiger charge is -2.33. The number of likely N-dealkylation sites (N-methyl/N-ethyl adjacent to an activating group) is 1. The molecule has 0 radical (unpaired) electrons. The molecule has 2 heterocycles. The van der Waals surface area contributed by atoms with E-state index in [1.54, 1.807) is 24.3 Å². The molecule has 4 rings (SSSR count). The summed E-state index contributed by atoms with van der Waals surface area (Å²) in [5, 5.41) is 9.73. The summed E-state index contributed by atoms with van der Waals surface area (Å²) in [5.74, 6) is -2.08. The van der Waals surface area contributed by atoms with Crippen LogP contribution in [0.4, 0.5) is 10.5 Å². The molecule has 2 fully saturated rings. The normalized spacial score (nSPS) is 21.7. The fraction of sp³-hybridized carbons (Fsp3) is 0.346. The number of nitriles is 1. The van der Waals surface area contributed by atoms with Crippen molar-refractivity contribution in [2.45, 2.75) is 30.3 Å². The number of rotatable bonds is 6. The Morgan fingerprint density at radius 1 is 1.18 bits per heavy atom. The van der Waals surface area contributed by atoms with Gasteiger partial charge in [-0.3, -0.25) is 14.4 Å². The second-order valence-corrected chi connectivity index (χ2v) is 10.1. The van der Waals surface area contributed by atoms with Crippen molar-refractivity contribution in [1.82, 2.24) is 9.80 Å². The SMILES string of the molecule is COC(=O)[C@@H](N)CCC(=O)N1C[C@@H](c2ccc(C#N)cc2)[C@]2(C1)C(=O)N(c1cc(Cl)cc(Cl)c1)C(=O)N2C. The fourth-order valence-electron chi connectivity index (χ4n) is 5.10. The van der Waals surface area contributed by atoms with Crippen LogP contribution in [-0.4, -0.2) is 72.4 Å². The van der Waals surface area contributed by atoms with Crippen molar-refractivity contribution in [2.75, 3.05) is 32.1 Å². The highest BCUT2D eigenvalue weighted by Gasteiger charge is 2.64. The van der Waals surface area contributed by atoms with Gasteiger partial charge in [0.05, 0.1) is 31.0 Å². The number of carbonyl (C=O) groups excluding carboxylic acids is 4. The Labute approximate surface area is 229 Å². The van der Waals surface area contributed by atoms with E-state index in [2.05, 4.69) is 10.8 Å². The van der Waals surface area contributed by atoms with Crippen LogP contribution in [0.1, 0.15) is 29.9 Å². The second kappa shape index (κ2) is 10.6. The molecule has 198 valence electrons. The Hall–Kier alpha value is -3.65. The minimum Gasteiger partial charge on any atom is -0.468 e. The van der Waals surface area contributed by atoms with Gasteiger partial charge in [-0.25, -0.2) is 9.69 Å². The van der Waals surface area contributed by atoms with Crippen LogP contribution in [0.3, 0.4) is 0 Å². The molecule has 38 heavy (non-hydrogen) atoms. The Kier molecular flexibility index (Phi) is 7.65. The van der Waals surface area contributed by atoms with Crippen molar-refractivity contribution < 1.29 is 23.9 Å². The van der Waals surface area contributed by atoms with Crippen LogP contribution in [-0.2, 0) is 19.1 Å². The van der Waals surface area contributed by atoms with E-state index >= 15 is 0 Å². The molecule has 0 aromatic heterocycles. The number of nitrogens with zero attached hydrogens (tertiary/aromatic N) is 4. The highest BCUT2D eigenvalue weighted by atomic mass is 35.5. The molecular weight excluding hydrogens is 533 g/mol. The Morgan fingerprint density at radius 2 is 1.82 bits per heavy atom. The molecule has 2 saturated heterocycles. The zero-order valence-electron chi connectivity index (χ0n) is 20.7. The molecule has 3 atom stereocenters. The molecule has 2 aromatic carbocycles. The number of likely N-dealkylation sites (tertiary alicyclic amines) is 1. The maximum absolute atomic E-state index is 14.1. The van der Waals surface area contributed by atoms with Gasteiger partial charge >= 0.3 is 12.0 Å². The quantitative estimate of drug-likeness (QED) is 0.425. The van der Waals surface area contributed by atoms with Crippen molar-refractivity contribution in [2.24, 2.45) is 5.73 Å². The Morgan fingerprint density at radius 3 is 2.39 bits per heavy atom. The van der Waals surface area contributed by atoms with Crippen LogP contribution in [0.15, 0.2) is 42.5 Å². The summed E-state index contributed by atoms with van der Waals surface area (Å²) < 4.78 is 4.63. The standard InChI is InChI=1S/C26H25Cl2N5O5/c1-31-25(37)33(19-10-17(27)9-18(28)11-19)24(36)26(31)14-32(22(34)8-7-21(30)23(35)38-2)13-20(26)16-5-3-15(12-29)4-6-16/h3-6,9-11,20-21H,7-8,13-14,30H2,1-2H3/t20-,21-,26+/m0/s1. The number of methoxy groups -OCH3 is 1. The van der Waals surface area contributed by atoms with E-state index in [4.69, 9.17) is 28.9 Å². The molecule has 0 bridgehead atoms. The number of anilines is 1. The van der Waals surface area contributed by atoms with Crippen LogP contribution >= 0.6 is 23.2 Å². The average Bonchev–Trinajstić information content (AvgIpc) is 3.39. The number of imide groups is 1. The predicted molar refractivity (Wildman–Crippen MR) is 140 cm³/mol. The van der Waals surface area contributed by atoms with E-state index in [0.29, 0.717) is 11.1 Å². The molecule has 0 saturated carbocycles.